The standard InChI is InChI=1S/C14H20BrNO4S/c1-5-8-16(13(19)20-14(2,3)4)11(12(17)18)9-6-7-10(15)21-9/h6-7,11H,5,8H2,1-4H3,(H,17,18). The molecule has 0 radical (unpaired) electrons. The van der Waals surface area contributed by atoms with Crippen LogP contribution in [0.25, 0.3) is 0 Å². The Labute approximate surface area is 137 Å². The fourth-order valence-electron chi connectivity index (χ4n) is 1.77. The van der Waals surface area contributed by atoms with E-state index in [1.165, 1.54) is 16.2 Å². The summed E-state index contributed by atoms with van der Waals surface area (Å²) in [5.41, 5.74) is -0.665. The van der Waals surface area contributed by atoms with E-state index >= 15 is 0 Å². The monoisotopic (exact) mass is 377 g/mol. The Hall–Kier alpha value is -1.08. The van der Waals surface area contributed by atoms with E-state index < -0.39 is 23.7 Å². The number of amides is 1. The molecule has 1 atom stereocenters. The molecule has 0 aromatic carbocycles. The summed E-state index contributed by atoms with van der Waals surface area (Å²) in [5.74, 6) is -1.07. The molecule has 0 aliphatic rings. The lowest BCUT2D eigenvalue weighted by Crippen LogP contribution is -2.42. The van der Waals surface area contributed by atoms with Crippen molar-refractivity contribution in [1.29, 1.82) is 0 Å². The smallest absolute Gasteiger partial charge is 0.411 e. The molecule has 1 rings (SSSR count). The molecule has 0 fully saturated rings. The minimum atomic E-state index is -1.07. The van der Waals surface area contributed by atoms with Gasteiger partial charge in [0.25, 0.3) is 0 Å². The van der Waals surface area contributed by atoms with Gasteiger partial charge in [-0.1, -0.05) is 6.92 Å². The van der Waals surface area contributed by atoms with Crippen molar-refractivity contribution in [2.24, 2.45) is 0 Å². The second-order valence-corrected chi connectivity index (χ2v) is 8.05. The number of carboxylic acid groups (broad SMARTS) is 1. The van der Waals surface area contributed by atoms with Crippen LogP contribution in [0.5, 0.6) is 0 Å². The Morgan fingerprint density at radius 3 is 2.43 bits per heavy atom. The molecule has 0 saturated heterocycles. The first-order valence-corrected chi connectivity index (χ1v) is 8.24. The van der Waals surface area contributed by atoms with Gasteiger partial charge in [-0.05, 0) is 55.3 Å². The number of nitrogens with zero attached hydrogens (tertiary/aromatic N) is 1. The average molecular weight is 378 g/mol. The Bertz CT molecular complexity index is 509. The van der Waals surface area contributed by atoms with Crippen LogP contribution < -0.4 is 0 Å². The average Bonchev–Trinajstić information content (AvgIpc) is 2.72. The predicted molar refractivity (Wildman–Crippen MR) is 85.6 cm³/mol. The van der Waals surface area contributed by atoms with E-state index in [2.05, 4.69) is 15.9 Å². The highest BCUT2D eigenvalue weighted by Crippen LogP contribution is 2.32. The lowest BCUT2D eigenvalue weighted by atomic mass is 10.2. The number of halogens is 1. The van der Waals surface area contributed by atoms with Crippen molar-refractivity contribution >= 4 is 39.3 Å². The highest BCUT2D eigenvalue weighted by Gasteiger charge is 2.34. The number of carbonyl (C=O) groups is 2. The molecule has 1 aromatic rings. The first kappa shape index (κ1) is 18.0. The van der Waals surface area contributed by atoms with Crippen LogP contribution in [0.3, 0.4) is 0 Å². The molecule has 1 unspecified atom stereocenters. The normalized spacial score (nSPS) is 12.8. The Balaban J connectivity index is 3.09. The number of aliphatic carboxylic acids is 1. The van der Waals surface area contributed by atoms with Crippen LogP contribution in [0.15, 0.2) is 15.9 Å². The molecule has 0 saturated carbocycles. The molecule has 0 aliphatic carbocycles. The van der Waals surface area contributed by atoms with Crippen LogP contribution in [0.1, 0.15) is 45.0 Å². The van der Waals surface area contributed by atoms with Gasteiger partial charge in [0, 0.05) is 11.4 Å². The molecule has 0 spiro atoms. The molecule has 0 bridgehead atoms. The lowest BCUT2D eigenvalue weighted by Gasteiger charge is -2.30. The van der Waals surface area contributed by atoms with Gasteiger partial charge in [0.1, 0.15) is 5.60 Å². The van der Waals surface area contributed by atoms with E-state index in [0.717, 1.165) is 3.79 Å². The first-order valence-electron chi connectivity index (χ1n) is 6.63. The molecule has 1 amide bonds. The van der Waals surface area contributed by atoms with Gasteiger partial charge in [0.15, 0.2) is 6.04 Å². The van der Waals surface area contributed by atoms with Crippen LogP contribution in [0.4, 0.5) is 4.79 Å². The summed E-state index contributed by atoms with van der Waals surface area (Å²) < 4.78 is 6.15. The van der Waals surface area contributed by atoms with Gasteiger partial charge < -0.3 is 9.84 Å². The molecule has 1 heterocycles. The van der Waals surface area contributed by atoms with Crippen LogP contribution >= 0.6 is 27.3 Å². The van der Waals surface area contributed by atoms with Gasteiger partial charge in [0.05, 0.1) is 3.79 Å². The molecule has 5 nitrogen and oxygen atoms in total. The van der Waals surface area contributed by atoms with Crippen LogP contribution in [-0.4, -0.2) is 34.2 Å². The molecular formula is C14H20BrNO4S. The van der Waals surface area contributed by atoms with Gasteiger partial charge in [-0.2, -0.15) is 0 Å². The maximum Gasteiger partial charge on any atom is 0.411 e. The minimum absolute atomic E-state index is 0.321. The molecule has 118 valence electrons. The highest BCUT2D eigenvalue weighted by atomic mass is 79.9. The molecule has 7 heteroatoms. The number of ether oxygens (including phenoxy) is 1. The fraction of sp³-hybridized carbons (Fsp3) is 0.571. The Morgan fingerprint density at radius 2 is 2.05 bits per heavy atom. The topological polar surface area (TPSA) is 66.8 Å². The van der Waals surface area contributed by atoms with Crippen molar-refractivity contribution in [3.63, 3.8) is 0 Å². The number of thiophene rings is 1. The largest absolute Gasteiger partial charge is 0.479 e. The number of rotatable bonds is 5. The van der Waals surface area contributed by atoms with Gasteiger partial charge in [-0.25, -0.2) is 9.59 Å². The van der Waals surface area contributed by atoms with Gasteiger partial charge in [0.2, 0.25) is 0 Å². The Morgan fingerprint density at radius 1 is 1.43 bits per heavy atom. The Kier molecular flexibility index (Phi) is 6.22. The SMILES string of the molecule is CCCN(C(=O)OC(C)(C)C)C(C(=O)O)c1ccc(Br)s1. The number of hydrogen-bond donors (Lipinski definition) is 1. The second kappa shape index (κ2) is 7.26. The minimum Gasteiger partial charge on any atom is -0.479 e. The van der Waals surface area contributed by atoms with E-state index in [9.17, 15) is 14.7 Å². The van der Waals surface area contributed by atoms with E-state index in [1.54, 1.807) is 32.9 Å². The van der Waals surface area contributed by atoms with Crippen LogP contribution in [0.2, 0.25) is 0 Å². The molecule has 0 aliphatic heterocycles. The maximum absolute atomic E-state index is 12.3. The van der Waals surface area contributed by atoms with Crippen molar-refractivity contribution < 1.29 is 19.4 Å². The zero-order chi connectivity index (χ0) is 16.2. The second-order valence-electron chi connectivity index (χ2n) is 5.56. The van der Waals surface area contributed by atoms with Crippen molar-refractivity contribution in [2.45, 2.75) is 45.8 Å². The zero-order valence-corrected chi connectivity index (χ0v) is 15.0. The summed E-state index contributed by atoms with van der Waals surface area (Å²) >= 11 is 4.61. The highest BCUT2D eigenvalue weighted by molar-refractivity contribution is 9.11. The summed E-state index contributed by atoms with van der Waals surface area (Å²) in [6.45, 7) is 7.48. The van der Waals surface area contributed by atoms with Crippen molar-refractivity contribution in [3.05, 3.63) is 20.8 Å². The third-order valence-corrected chi connectivity index (χ3v) is 4.18. The third-order valence-electron chi connectivity index (χ3n) is 2.50. The first-order chi connectivity index (χ1) is 9.65. The zero-order valence-electron chi connectivity index (χ0n) is 12.6. The number of carboxylic acids is 1. The predicted octanol–water partition coefficient (Wildman–Crippen LogP) is 4.28. The van der Waals surface area contributed by atoms with Crippen molar-refractivity contribution in [1.82, 2.24) is 4.90 Å². The molecule has 1 aromatic heterocycles. The van der Waals surface area contributed by atoms with Gasteiger partial charge >= 0.3 is 12.1 Å². The van der Waals surface area contributed by atoms with Crippen molar-refractivity contribution in [2.75, 3.05) is 6.54 Å². The number of carbonyl (C=O) groups excluding carboxylic acids is 1. The molecule has 1 N–H and O–H groups in total. The van der Waals surface area contributed by atoms with E-state index in [0.29, 0.717) is 17.8 Å². The molecular weight excluding hydrogens is 358 g/mol. The summed E-state index contributed by atoms with van der Waals surface area (Å²) in [6.07, 6.45) is 0.0384. The van der Waals surface area contributed by atoms with Crippen LogP contribution in [0, 0.1) is 0 Å². The third kappa shape index (κ3) is 5.32. The van der Waals surface area contributed by atoms with E-state index in [-0.39, 0.29) is 0 Å². The summed E-state index contributed by atoms with van der Waals surface area (Å²) in [4.78, 5) is 25.8. The summed E-state index contributed by atoms with van der Waals surface area (Å²) in [6, 6.07) is 2.45. The number of hydrogen-bond acceptors (Lipinski definition) is 4. The summed E-state index contributed by atoms with van der Waals surface area (Å²) in [7, 11) is 0. The molecule has 21 heavy (non-hydrogen) atoms. The quantitative estimate of drug-likeness (QED) is 0.830. The van der Waals surface area contributed by atoms with Gasteiger partial charge in [-0.15, -0.1) is 11.3 Å². The van der Waals surface area contributed by atoms with Crippen LogP contribution in [-0.2, 0) is 9.53 Å². The van der Waals surface area contributed by atoms with E-state index in [1.807, 2.05) is 6.92 Å². The van der Waals surface area contributed by atoms with Crippen molar-refractivity contribution in [3.8, 4) is 0 Å². The maximum atomic E-state index is 12.3. The van der Waals surface area contributed by atoms with Gasteiger partial charge in [-0.3, -0.25) is 4.90 Å². The lowest BCUT2D eigenvalue weighted by molar-refractivity contribution is -0.143. The van der Waals surface area contributed by atoms with E-state index in [4.69, 9.17) is 4.74 Å². The fourth-order valence-corrected chi connectivity index (χ4v) is 3.30. The summed E-state index contributed by atoms with van der Waals surface area (Å²) in [5, 5.41) is 9.52.